The zero-order valence-electron chi connectivity index (χ0n) is 19.5. The number of rotatable bonds is 4. The van der Waals surface area contributed by atoms with Crippen molar-refractivity contribution in [2.24, 2.45) is 17.6 Å². The highest BCUT2D eigenvalue weighted by atomic mass is 16.6. The third-order valence-electron chi connectivity index (χ3n) is 6.23. The van der Waals surface area contributed by atoms with Gasteiger partial charge in [-0.25, -0.2) is 4.79 Å². The summed E-state index contributed by atoms with van der Waals surface area (Å²) >= 11 is 0. The summed E-state index contributed by atoms with van der Waals surface area (Å²) in [5.41, 5.74) is 6.11. The van der Waals surface area contributed by atoms with Gasteiger partial charge in [0.25, 0.3) is 0 Å². The third kappa shape index (κ3) is 5.58. The zero-order valence-corrected chi connectivity index (χ0v) is 19.5. The number of amides is 1. The smallest absolute Gasteiger partial charge is 0.405 e. The number of benzene rings is 1. The van der Waals surface area contributed by atoms with Gasteiger partial charge in [0, 0.05) is 24.2 Å². The Morgan fingerprint density at radius 1 is 1.38 bits per heavy atom. The van der Waals surface area contributed by atoms with E-state index in [1.807, 2.05) is 24.3 Å². The number of piperidine rings is 3. The van der Waals surface area contributed by atoms with Crippen molar-refractivity contribution in [1.82, 2.24) is 9.88 Å². The molecule has 3 aliphatic heterocycles. The Balaban J connectivity index is 0.000000312. The van der Waals surface area contributed by atoms with E-state index in [0.717, 1.165) is 41.7 Å². The maximum atomic E-state index is 11.2. The van der Waals surface area contributed by atoms with Crippen molar-refractivity contribution in [2.45, 2.75) is 51.4 Å². The maximum Gasteiger partial charge on any atom is 0.405 e. The van der Waals surface area contributed by atoms with Gasteiger partial charge in [0.05, 0.1) is 18.7 Å². The number of primary amides is 1. The summed E-state index contributed by atoms with van der Waals surface area (Å²) in [5.74, 6) is 2.01. The minimum atomic E-state index is -0.725. The van der Waals surface area contributed by atoms with Crippen LogP contribution in [0.1, 0.15) is 45.3 Å². The molecule has 0 radical (unpaired) electrons. The molecule has 2 bridgehead atoms. The fourth-order valence-corrected chi connectivity index (χ4v) is 4.75. The SMILES string of the molecule is C=C[C@H]1CN2CC[C@H]1C[C@H]2[C@H](O)c1ccnc2ccc(OC)cc12.CC(C)(C)OC(N)=O. The summed E-state index contributed by atoms with van der Waals surface area (Å²) in [5, 5.41) is 12.1. The second-order valence-corrected chi connectivity index (χ2v) is 9.51. The zero-order chi connectivity index (χ0) is 23.5. The topological polar surface area (TPSA) is 97.9 Å². The number of hydrogen-bond donors (Lipinski definition) is 2. The number of aromatic nitrogens is 1. The van der Waals surface area contributed by atoms with E-state index in [2.05, 4.69) is 27.3 Å². The van der Waals surface area contributed by atoms with Crippen molar-refractivity contribution in [3.05, 3.63) is 48.7 Å². The molecule has 4 heterocycles. The van der Waals surface area contributed by atoms with Crippen molar-refractivity contribution in [2.75, 3.05) is 20.2 Å². The summed E-state index contributed by atoms with van der Waals surface area (Å²) in [6.45, 7) is 11.4. The van der Waals surface area contributed by atoms with E-state index in [1.165, 1.54) is 6.42 Å². The van der Waals surface area contributed by atoms with E-state index in [9.17, 15) is 9.90 Å². The fraction of sp³-hybridized carbons (Fsp3) is 0.520. The molecule has 7 nitrogen and oxygen atoms in total. The molecule has 0 aliphatic carbocycles. The van der Waals surface area contributed by atoms with E-state index in [-0.39, 0.29) is 6.04 Å². The van der Waals surface area contributed by atoms with Gasteiger partial charge in [0.15, 0.2) is 0 Å². The first-order chi connectivity index (χ1) is 15.1. The summed E-state index contributed by atoms with van der Waals surface area (Å²) in [6, 6.07) is 7.96. The number of methoxy groups -OCH3 is 1. The monoisotopic (exact) mass is 441 g/mol. The molecule has 2 aromatic rings. The number of nitrogens with zero attached hydrogens (tertiary/aromatic N) is 2. The van der Waals surface area contributed by atoms with E-state index >= 15 is 0 Å². The number of aliphatic hydroxyl groups is 1. The Kier molecular flexibility index (Phi) is 7.41. The normalized spacial score (nSPS) is 25.4. The quantitative estimate of drug-likeness (QED) is 0.695. The first-order valence-electron chi connectivity index (χ1n) is 11.1. The highest BCUT2D eigenvalue weighted by Crippen LogP contribution is 2.42. The minimum absolute atomic E-state index is 0.178. The van der Waals surface area contributed by atoms with Crippen LogP contribution in [0, 0.1) is 11.8 Å². The van der Waals surface area contributed by atoms with Gasteiger partial charge in [-0.05, 0) is 81.8 Å². The fourth-order valence-electron chi connectivity index (χ4n) is 4.75. The molecule has 1 unspecified atom stereocenters. The molecule has 3 aliphatic rings. The number of carbonyl (C=O) groups is 1. The van der Waals surface area contributed by atoms with Gasteiger partial charge in [-0.3, -0.25) is 9.88 Å². The van der Waals surface area contributed by atoms with Crippen LogP contribution in [0.2, 0.25) is 0 Å². The Hall–Kier alpha value is -2.64. The van der Waals surface area contributed by atoms with Crippen LogP contribution in [0.4, 0.5) is 4.79 Å². The number of hydrogen-bond acceptors (Lipinski definition) is 6. The van der Waals surface area contributed by atoms with E-state index in [4.69, 9.17) is 10.5 Å². The Morgan fingerprint density at radius 2 is 2.12 bits per heavy atom. The van der Waals surface area contributed by atoms with Gasteiger partial charge in [0.2, 0.25) is 0 Å². The van der Waals surface area contributed by atoms with Crippen molar-refractivity contribution >= 4 is 17.0 Å². The molecule has 5 atom stereocenters. The molecule has 174 valence electrons. The Morgan fingerprint density at radius 3 is 2.66 bits per heavy atom. The molecule has 32 heavy (non-hydrogen) atoms. The van der Waals surface area contributed by atoms with Crippen molar-refractivity contribution < 1.29 is 19.4 Å². The molecule has 1 amide bonds. The average Bonchev–Trinajstić information content (AvgIpc) is 2.76. The molecule has 5 rings (SSSR count). The summed E-state index contributed by atoms with van der Waals surface area (Å²) < 4.78 is 9.93. The highest BCUT2D eigenvalue weighted by molar-refractivity contribution is 5.84. The van der Waals surface area contributed by atoms with Crippen LogP contribution in [-0.4, -0.2) is 52.9 Å². The van der Waals surface area contributed by atoms with E-state index in [1.54, 1.807) is 34.1 Å². The molecule has 1 aromatic heterocycles. The molecular weight excluding hydrogens is 406 g/mol. The summed E-state index contributed by atoms with van der Waals surface area (Å²) in [4.78, 5) is 16.9. The second-order valence-electron chi connectivity index (χ2n) is 9.51. The van der Waals surface area contributed by atoms with Crippen LogP contribution < -0.4 is 10.5 Å². The lowest BCUT2D eigenvalue weighted by Crippen LogP contribution is -2.54. The standard InChI is InChI=1S/C20H24N2O2.C5H11NO2/c1-3-13-12-22-9-7-14(13)10-19(22)20(23)16-6-8-21-18-5-4-15(24-2)11-17(16)18;1-5(2,3)8-4(6)7/h3-6,8,11,13-14,19-20,23H,1,7,9-10,12H2,2H3;1-3H3,(H2,6,7)/t13-,14-,19-,20+;/m0./s1. The first kappa shape index (κ1) is 24.0. The van der Waals surface area contributed by atoms with Crippen molar-refractivity contribution in [3.63, 3.8) is 0 Å². The number of nitrogens with two attached hydrogens (primary N) is 1. The molecule has 1 aromatic carbocycles. The number of fused-ring (bicyclic) bond motifs is 4. The lowest BCUT2D eigenvalue weighted by molar-refractivity contribution is -0.0444. The molecule has 3 saturated heterocycles. The van der Waals surface area contributed by atoms with Gasteiger partial charge >= 0.3 is 6.09 Å². The van der Waals surface area contributed by atoms with Gasteiger partial charge in [-0.15, -0.1) is 6.58 Å². The molecule has 3 fully saturated rings. The minimum Gasteiger partial charge on any atom is -0.497 e. The van der Waals surface area contributed by atoms with Gasteiger partial charge in [0.1, 0.15) is 11.4 Å². The number of aliphatic hydroxyl groups excluding tert-OH is 1. The number of carbonyl (C=O) groups excluding carboxylic acids is 1. The van der Waals surface area contributed by atoms with Gasteiger partial charge in [-0.1, -0.05) is 6.08 Å². The predicted molar refractivity (Wildman–Crippen MR) is 125 cm³/mol. The lowest BCUT2D eigenvalue weighted by Gasteiger charge is -2.50. The predicted octanol–water partition coefficient (Wildman–Crippen LogP) is 4.05. The Labute approximate surface area is 190 Å². The van der Waals surface area contributed by atoms with Gasteiger partial charge < -0.3 is 20.3 Å². The molecule has 7 heteroatoms. The van der Waals surface area contributed by atoms with E-state index in [0.29, 0.717) is 11.8 Å². The lowest BCUT2D eigenvalue weighted by atomic mass is 9.73. The summed E-state index contributed by atoms with van der Waals surface area (Å²) in [7, 11) is 1.66. The van der Waals surface area contributed by atoms with Crippen LogP contribution in [0.25, 0.3) is 10.9 Å². The average molecular weight is 442 g/mol. The number of pyridine rings is 1. The van der Waals surface area contributed by atoms with Crippen LogP contribution in [0.3, 0.4) is 0 Å². The van der Waals surface area contributed by atoms with Crippen LogP contribution in [0.5, 0.6) is 5.75 Å². The summed E-state index contributed by atoms with van der Waals surface area (Å²) in [6.07, 6.45) is 4.90. The van der Waals surface area contributed by atoms with Crippen LogP contribution >= 0.6 is 0 Å². The highest BCUT2D eigenvalue weighted by Gasteiger charge is 2.42. The molecule has 3 N–H and O–H groups in total. The molecule has 0 spiro atoms. The van der Waals surface area contributed by atoms with Crippen molar-refractivity contribution in [3.8, 4) is 5.75 Å². The maximum absolute atomic E-state index is 11.2. The number of ether oxygens (including phenoxy) is 2. The van der Waals surface area contributed by atoms with Gasteiger partial charge in [-0.2, -0.15) is 0 Å². The Bertz CT molecular complexity index is 956. The first-order valence-corrected chi connectivity index (χ1v) is 11.1. The molecule has 0 saturated carbocycles. The third-order valence-corrected chi connectivity index (χ3v) is 6.23. The second kappa shape index (κ2) is 9.88. The molecular formula is C25H35N3O4. The largest absolute Gasteiger partial charge is 0.497 e. The van der Waals surface area contributed by atoms with Crippen LogP contribution in [0.15, 0.2) is 43.1 Å². The van der Waals surface area contributed by atoms with Crippen LogP contribution in [-0.2, 0) is 4.74 Å². The van der Waals surface area contributed by atoms with E-state index < -0.39 is 17.8 Å². The van der Waals surface area contributed by atoms with Crippen molar-refractivity contribution in [1.29, 1.82) is 0 Å².